The predicted molar refractivity (Wildman–Crippen MR) is 96.7 cm³/mol. The molecule has 1 aromatic rings. The third kappa shape index (κ3) is 5.69. The van der Waals surface area contributed by atoms with E-state index in [2.05, 4.69) is 29.2 Å². The minimum absolute atomic E-state index is 0.357. The van der Waals surface area contributed by atoms with Crippen LogP contribution in [0.4, 0.5) is 0 Å². The van der Waals surface area contributed by atoms with Gasteiger partial charge < -0.3 is 18.9 Å². The van der Waals surface area contributed by atoms with Crippen LogP contribution in [0, 0.1) is 3.57 Å². The van der Waals surface area contributed by atoms with Gasteiger partial charge in [0, 0.05) is 23.8 Å². The fourth-order valence-electron chi connectivity index (χ4n) is 1.91. The van der Waals surface area contributed by atoms with Crippen molar-refractivity contribution in [2.75, 3.05) is 13.7 Å². The van der Waals surface area contributed by atoms with Crippen molar-refractivity contribution in [1.82, 2.24) is 0 Å². The second kappa shape index (κ2) is 9.12. The topological polar surface area (TPSA) is 54.0 Å². The van der Waals surface area contributed by atoms with Gasteiger partial charge in [0.15, 0.2) is 6.29 Å². The van der Waals surface area contributed by atoms with Crippen LogP contribution in [0.2, 0.25) is 0 Å². The second-order valence-electron chi connectivity index (χ2n) is 4.99. The molecule has 6 heteroatoms. The Balaban J connectivity index is 3.04. The Labute approximate surface area is 151 Å². The number of rotatable bonds is 8. The Morgan fingerprint density at radius 1 is 1.30 bits per heavy atom. The van der Waals surface area contributed by atoms with Gasteiger partial charge in [-0.25, -0.2) is 4.79 Å². The van der Waals surface area contributed by atoms with Gasteiger partial charge in [0.2, 0.25) is 0 Å². The normalized spacial score (nSPS) is 13.1. The third-order valence-electron chi connectivity index (χ3n) is 3.05. The number of benzene rings is 1. The fraction of sp³-hybridized carbons (Fsp3) is 0.471. The highest BCUT2D eigenvalue weighted by molar-refractivity contribution is 14.1. The molecule has 0 fully saturated rings. The lowest BCUT2D eigenvalue weighted by molar-refractivity contribution is -0.143. The summed E-state index contributed by atoms with van der Waals surface area (Å²) in [5, 5.41) is 0. The molecule has 0 heterocycles. The highest BCUT2D eigenvalue weighted by Crippen LogP contribution is 2.35. The molecule has 0 aliphatic carbocycles. The van der Waals surface area contributed by atoms with E-state index in [1.54, 1.807) is 27.0 Å². The predicted octanol–water partition coefficient (Wildman–Crippen LogP) is 4.24. The summed E-state index contributed by atoms with van der Waals surface area (Å²) in [6.07, 6.45) is -0.816. The number of carbonyl (C=O) groups excluding carboxylic acids is 1. The molecule has 2 unspecified atom stereocenters. The standard InChI is InChI=1S/C17H23IO5/c1-7-21-12(5)23-16-9-15(20-6)13(8-14(16)18)11(4)22-17(19)10(2)3/h8-9,11-12H,2,7H2,1,3-6H3. The first-order valence-electron chi connectivity index (χ1n) is 7.32. The van der Waals surface area contributed by atoms with Gasteiger partial charge in [-0.1, -0.05) is 6.58 Å². The second-order valence-corrected chi connectivity index (χ2v) is 6.16. The first-order valence-corrected chi connectivity index (χ1v) is 8.40. The minimum Gasteiger partial charge on any atom is -0.496 e. The van der Waals surface area contributed by atoms with Crippen LogP contribution < -0.4 is 9.47 Å². The maximum atomic E-state index is 11.7. The number of hydrogen-bond acceptors (Lipinski definition) is 5. The van der Waals surface area contributed by atoms with Crippen LogP contribution in [-0.2, 0) is 14.3 Å². The summed E-state index contributed by atoms with van der Waals surface area (Å²) < 4.78 is 22.8. The van der Waals surface area contributed by atoms with Gasteiger partial charge in [0.25, 0.3) is 0 Å². The summed E-state index contributed by atoms with van der Waals surface area (Å²) in [6, 6.07) is 3.65. The molecule has 2 atom stereocenters. The van der Waals surface area contributed by atoms with E-state index >= 15 is 0 Å². The number of halogens is 1. The Morgan fingerprint density at radius 2 is 1.96 bits per heavy atom. The molecule has 5 nitrogen and oxygen atoms in total. The van der Waals surface area contributed by atoms with Gasteiger partial charge in [0.05, 0.1) is 10.7 Å². The number of esters is 1. The Hall–Kier alpha value is -1.28. The van der Waals surface area contributed by atoms with Crippen molar-refractivity contribution in [3.05, 3.63) is 33.4 Å². The number of carbonyl (C=O) groups is 1. The van der Waals surface area contributed by atoms with Crippen molar-refractivity contribution in [3.63, 3.8) is 0 Å². The van der Waals surface area contributed by atoms with Crippen molar-refractivity contribution >= 4 is 28.6 Å². The van der Waals surface area contributed by atoms with Gasteiger partial charge in [-0.3, -0.25) is 0 Å². The molecule has 0 saturated heterocycles. The molecule has 1 rings (SSSR count). The first kappa shape index (κ1) is 19.8. The van der Waals surface area contributed by atoms with Gasteiger partial charge >= 0.3 is 5.97 Å². The molecule has 0 N–H and O–H groups in total. The molecule has 0 bridgehead atoms. The average Bonchev–Trinajstić information content (AvgIpc) is 2.48. The van der Waals surface area contributed by atoms with E-state index in [-0.39, 0.29) is 6.29 Å². The van der Waals surface area contributed by atoms with Crippen molar-refractivity contribution in [1.29, 1.82) is 0 Å². The van der Waals surface area contributed by atoms with Crippen LogP contribution in [0.15, 0.2) is 24.3 Å². The Kier molecular flexibility index (Phi) is 7.84. The van der Waals surface area contributed by atoms with Crippen molar-refractivity contribution in [3.8, 4) is 11.5 Å². The van der Waals surface area contributed by atoms with Crippen LogP contribution in [-0.4, -0.2) is 26.0 Å². The van der Waals surface area contributed by atoms with Gasteiger partial charge in [-0.15, -0.1) is 0 Å². The monoisotopic (exact) mass is 434 g/mol. The van der Waals surface area contributed by atoms with Crippen molar-refractivity contribution < 1.29 is 23.7 Å². The van der Waals surface area contributed by atoms with E-state index in [4.69, 9.17) is 18.9 Å². The zero-order valence-corrected chi connectivity index (χ0v) is 16.3. The van der Waals surface area contributed by atoms with E-state index in [0.29, 0.717) is 23.7 Å². The Morgan fingerprint density at radius 3 is 2.48 bits per heavy atom. The zero-order valence-electron chi connectivity index (χ0n) is 14.1. The van der Waals surface area contributed by atoms with E-state index in [1.807, 2.05) is 19.9 Å². The van der Waals surface area contributed by atoms with Gasteiger partial charge in [0.1, 0.15) is 17.6 Å². The summed E-state index contributed by atoms with van der Waals surface area (Å²) in [6.45, 7) is 11.3. The molecule has 128 valence electrons. The third-order valence-corrected chi connectivity index (χ3v) is 3.89. The van der Waals surface area contributed by atoms with E-state index in [9.17, 15) is 4.79 Å². The number of ether oxygens (including phenoxy) is 4. The number of methoxy groups -OCH3 is 1. The zero-order chi connectivity index (χ0) is 17.6. The van der Waals surface area contributed by atoms with Crippen molar-refractivity contribution in [2.24, 2.45) is 0 Å². The first-order chi connectivity index (χ1) is 10.8. The molecule has 0 aliphatic rings. The fourth-order valence-corrected chi connectivity index (χ4v) is 2.53. The summed E-state index contributed by atoms with van der Waals surface area (Å²) in [7, 11) is 1.56. The van der Waals surface area contributed by atoms with Crippen LogP contribution in [0.1, 0.15) is 39.4 Å². The smallest absolute Gasteiger partial charge is 0.333 e. The summed E-state index contributed by atoms with van der Waals surface area (Å²) in [5.41, 5.74) is 1.12. The lowest BCUT2D eigenvalue weighted by Crippen LogP contribution is -2.17. The maximum absolute atomic E-state index is 11.7. The molecular weight excluding hydrogens is 411 g/mol. The Bertz CT molecular complexity index is 570. The van der Waals surface area contributed by atoms with E-state index < -0.39 is 12.1 Å². The molecule has 0 amide bonds. The highest BCUT2D eigenvalue weighted by Gasteiger charge is 2.20. The lowest BCUT2D eigenvalue weighted by Gasteiger charge is -2.20. The van der Waals surface area contributed by atoms with E-state index in [1.165, 1.54) is 0 Å². The van der Waals surface area contributed by atoms with Crippen LogP contribution >= 0.6 is 22.6 Å². The lowest BCUT2D eigenvalue weighted by atomic mass is 10.1. The molecule has 0 aliphatic heterocycles. The summed E-state index contributed by atoms with van der Waals surface area (Å²) in [4.78, 5) is 11.7. The molecule has 0 radical (unpaired) electrons. The van der Waals surface area contributed by atoms with Gasteiger partial charge in [-0.2, -0.15) is 0 Å². The minimum atomic E-state index is -0.457. The van der Waals surface area contributed by atoms with Gasteiger partial charge in [-0.05, 0) is 56.4 Å². The largest absolute Gasteiger partial charge is 0.496 e. The SMILES string of the molecule is C=C(C)C(=O)OC(C)c1cc(I)c(OC(C)OCC)cc1OC. The van der Waals surface area contributed by atoms with Crippen LogP contribution in [0.3, 0.4) is 0 Å². The quantitative estimate of drug-likeness (QED) is 0.265. The summed E-state index contributed by atoms with van der Waals surface area (Å²) in [5.74, 6) is 0.816. The van der Waals surface area contributed by atoms with E-state index in [0.717, 1.165) is 9.13 Å². The van der Waals surface area contributed by atoms with Crippen LogP contribution in [0.25, 0.3) is 0 Å². The average molecular weight is 434 g/mol. The highest BCUT2D eigenvalue weighted by atomic mass is 127. The molecule has 0 saturated carbocycles. The maximum Gasteiger partial charge on any atom is 0.333 e. The van der Waals surface area contributed by atoms with Crippen molar-refractivity contribution in [2.45, 2.75) is 40.1 Å². The molecule has 1 aromatic carbocycles. The molecule has 0 spiro atoms. The van der Waals surface area contributed by atoms with Crippen LogP contribution in [0.5, 0.6) is 11.5 Å². The number of hydrogen-bond donors (Lipinski definition) is 0. The molecule has 0 aromatic heterocycles. The molecular formula is C17H23IO5. The summed E-state index contributed by atoms with van der Waals surface area (Å²) >= 11 is 2.17. The molecule has 23 heavy (non-hydrogen) atoms.